The number of nitrogens with zero attached hydrogens (tertiary/aromatic N) is 1. The molecule has 2 saturated heterocycles. The smallest absolute Gasteiger partial charge is 0.242 e. The largest absolute Gasteiger partial charge is 0.381 e. The molecule has 92 valence electrons. The highest BCUT2D eigenvalue weighted by Gasteiger charge is 2.38. The van der Waals surface area contributed by atoms with Gasteiger partial charge in [0.2, 0.25) is 5.91 Å². The van der Waals surface area contributed by atoms with Gasteiger partial charge in [0.1, 0.15) is 0 Å². The van der Waals surface area contributed by atoms with E-state index < -0.39 is 5.54 Å². The summed E-state index contributed by atoms with van der Waals surface area (Å²) in [7, 11) is 0. The maximum absolute atomic E-state index is 12.3. The molecule has 0 unspecified atom stereocenters. The van der Waals surface area contributed by atoms with E-state index in [1.807, 2.05) is 4.90 Å². The Labute approximate surface area is 95.9 Å². The molecule has 0 bridgehead atoms. The Morgan fingerprint density at radius 3 is 2.50 bits per heavy atom. The van der Waals surface area contributed by atoms with Crippen LogP contribution in [0.3, 0.4) is 0 Å². The molecule has 2 aliphatic heterocycles. The Bertz CT molecular complexity index is 244. The lowest BCUT2D eigenvalue weighted by atomic mass is 9.89. The number of rotatable bonds is 1. The van der Waals surface area contributed by atoms with E-state index in [1.54, 1.807) is 0 Å². The molecule has 0 radical (unpaired) electrons. The second-order valence-corrected chi connectivity index (χ2v) is 4.53. The van der Waals surface area contributed by atoms with Gasteiger partial charge < -0.3 is 20.1 Å². The van der Waals surface area contributed by atoms with Crippen molar-refractivity contribution in [2.75, 3.05) is 39.5 Å². The summed E-state index contributed by atoms with van der Waals surface area (Å²) in [6, 6.07) is 0. The summed E-state index contributed by atoms with van der Waals surface area (Å²) >= 11 is 0. The third-order valence-corrected chi connectivity index (χ3v) is 3.32. The van der Waals surface area contributed by atoms with Crippen molar-refractivity contribution in [2.24, 2.45) is 5.73 Å². The summed E-state index contributed by atoms with van der Waals surface area (Å²) in [4.78, 5) is 14.2. The summed E-state index contributed by atoms with van der Waals surface area (Å²) in [5.41, 5.74) is 5.47. The van der Waals surface area contributed by atoms with Gasteiger partial charge in [0.15, 0.2) is 0 Å². The lowest BCUT2D eigenvalue weighted by molar-refractivity contribution is -0.140. The van der Waals surface area contributed by atoms with Gasteiger partial charge in [-0.2, -0.15) is 0 Å². The third-order valence-electron chi connectivity index (χ3n) is 3.32. The molecule has 16 heavy (non-hydrogen) atoms. The molecule has 2 heterocycles. The zero-order valence-electron chi connectivity index (χ0n) is 9.61. The normalized spacial score (nSPS) is 26.2. The molecule has 1 amide bonds. The SMILES string of the molecule is NC1(C(=O)N2CCCOCC2)CCOCC1. The molecule has 0 aromatic heterocycles. The van der Waals surface area contributed by atoms with Crippen LogP contribution in [0.5, 0.6) is 0 Å². The van der Waals surface area contributed by atoms with Gasteiger partial charge in [-0.15, -0.1) is 0 Å². The standard InChI is InChI=1S/C11H20N2O3/c12-11(2-7-16-8-3-11)10(14)13-4-1-6-15-9-5-13/h1-9,12H2. The van der Waals surface area contributed by atoms with Gasteiger partial charge in [-0.3, -0.25) is 4.79 Å². The molecule has 2 aliphatic rings. The predicted molar refractivity (Wildman–Crippen MR) is 59.0 cm³/mol. The van der Waals surface area contributed by atoms with Crippen LogP contribution in [0.25, 0.3) is 0 Å². The van der Waals surface area contributed by atoms with E-state index in [0.717, 1.165) is 19.6 Å². The maximum atomic E-state index is 12.3. The van der Waals surface area contributed by atoms with Gasteiger partial charge in [0, 0.05) is 32.9 Å². The molecule has 0 aromatic rings. The average Bonchev–Trinajstić information content (AvgIpc) is 2.57. The van der Waals surface area contributed by atoms with E-state index >= 15 is 0 Å². The summed E-state index contributed by atoms with van der Waals surface area (Å²) < 4.78 is 10.6. The summed E-state index contributed by atoms with van der Waals surface area (Å²) in [6.45, 7) is 3.97. The van der Waals surface area contributed by atoms with E-state index in [0.29, 0.717) is 39.2 Å². The molecule has 2 N–H and O–H groups in total. The molecule has 0 atom stereocenters. The fourth-order valence-electron chi connectivity index (χ4n) is 2.21. The number of nitrogens with two attached hydrogens (primary N) is 1. The lowest BCUT2D eigenvalue weighted by Crippen LogP contribution is -2.58. The van der Waals surface area contributed by atoms with Crippen molar-refractivity contribution < 1.29 is 14.3 Å². The Morgan fingerprint density at radius 2 is 1.75 bits per heavy atom. The Balaban J connectivity index is 1.98. The van der Waals surface area contributed by atoms with Crippen LogP contribution in [0.4, 0.5) is 0 Å². The maximum Gasteiger partial charge on any atom is 0.242 e. The second-order valence-electron chi connectivity index (χ2n) is 4.53. The van der Waals surface area contributed by atoms with E-state index in [4.69, 9.17) is 15.2 Å². The van der Waals surface area contributed by atoms with E-state index in [1.165, 1.54) is 0 Å². The minimum Gasteiger partial charge on any atom is -0.381 e. The van der Waals surface area contributed by atoms with Crippen molar-refractivity contribution in [3.05, 3.63) is 0 Å². The minimum absolute atomic E-state index is 0.0706. The molecule has 2 fully saturated rings. The first kappa shape index (κ1) is 11.8. The monoisotopic (exact) mass is 228 g/mol. The number of carbonyl (C=O) groups excluding carboxylic acids is 1. The number of carbonyl (C=O) groups is 1. The Hall–Kier alpha value is -0.650. The van der Waals surface area contributed by atoms with Crippen LogP contribution in [-0.4, -0.2) is 55.9 Å². The molecule has 2 rings (SSSR count). The Kier molecular flexibility index (Phi) is 3.78. The summed E-state index contributed by atoms with van der Waals surface area (Å²) in [6.07, 6.45) is 2.16. The fraction of sp³-hybridized carbons (Fsp3) is 0.909. The van der Waals surface area contributed by atoms with E-state index in [-0.39, 0.29) is 5.91 Å². The molecule has 0 aromatic carbocycles. The van der Waals surface area contributed by atoms with Crippen LogP contribution in [-0.2, 0) is 14.3 Å². The minimum atomic E-state index is -0.706. The summed E-state index contributed by atoms with van der Waals surface area (Å²) in [5.74, 6) is 0.0706. The van der Waals surface area contributed by atoms with Crippen molar-refractivity contribution in [3.63, 3.8) is 0 Å². The number of ether oxygens (including phenoxy) is 2. The van der Waals surface area contributed by atoms with Crippen molar-refractivity contribution in [1.82, 2.24) is 4.90 Å². The van der Waals surface area contributed by atoms with E-state index in [2.05, 4.69) is 0 Å². The van der Waals surface area contributed by atoms with Gasteiger partial charge in [0.25, 0.3) is 0 Å². The van der Waals surface area contributed by atoms with Crippen LogP contribution < -0.4 is 5.73 Å². The molecule has 0 saturated carbocycles. The van der Waals surface area contributed by atoms with Crippen LogP contribution >= 0.6 is 0 Å². The number of hydrogen-bond acceptors (Lipinski definition) is 4. The van der Waals surface area contributed by atoms with Crippen LogP contribution in [0.1, 0.15) is 19.3 Å². The second kappa shape index (κ2) is 5.12. The van der Waals surface area contributed by atoms with Crippen molar-refractivity contribution in [3.8, 4) is 0 Å². The summed E-state index contributed by atoms with van der Waals surface area (Å²) in [5, 5.41) is 0. The van der Waals surface area contributed by atoms with Crippen molar-refractivity contribution in [1.29, 1.82) is 0 Å². The van der Waals surface area contributed by atoms with Gasteiger partial charge in [-0.25, -0.2) is 0 Å². The van der Waals surface area contributed by atoms with Crippen molar-refractivity contribution >= 4 is 5.91 Å². The van der Waals surface area contributed by atoms with E-state index in [9.17, 15) is 4.79 Å². The quantitative estimate of drug-likeness (QED) is 0.672. The lowest BCUT2D eigenvalue weighted by Gasteiger charge is -2.36. The highest BCUT2D eigenvalue weighted by Crippen LogP contribution is 2.21. The molecule has 5 heteroatoms. The zero-order valence-corrected chi connectivity index (χ0v) is 9.61. The highest BCUT2D eigenvalue weighted by molar-refractivity contribution is 5.86. The molecule has 0 spiro atoms. The fourth-order valence-corrected chi connectivity index (χ4v) is 2.21. The molecular formula is C11H20N2O3. The van der Waals surface area contributed by atoms with Crippen LogP contribution in [0, 0.1) is 0 Å². The zero-order chi connectivity index (χ0) is 11.4. The van der Waals surface area contributed by atoms with Crippen molar-refractivity contribution in [2.45, 2.75) is 24.8 Å². The highest BCUT2D eigenvalue weighted by atomic mass is 16.5. The topological polar surface area (TPSA) is 64.8 Å². The van der Waals surface area contributed by atoms with Gasteiger partial charge in [-0.05, 0) is 19.3 Å². The van der Waals surface area contributed by atoms with Gasteiger partial charge in [0.05, 0.1) is 12.1 Å². The van der Waals surface area contributed by atoms with Crippen LogP contribution in [0.15, 0.2) is 0 Å². The van der Waals surface area contributed by atoms with Gasteiger partial charge >= 0.3 is 0 Å². The first-order valence-corrected chi connectivity index (χ1v) is 5.96. The number of hydrogen-bond donors (Lipinski definition) is 1. The molecule has 5 nitrogen and oxygen atoms in total. The first-order chi connectivity index (χ1) is 7.72. The third kappa shape index (κ3) is 2.53. The van der Waals surface area contributed by atoms with Gasteiger partial charge in [-0.1, -0.05) is 0 Å². The molecule has 0 aliphatic carbocycles. The predicted octanol–water partition coefficient (Wildman–Crippen LogP) is -0.257. The number of amides is 1. The molecular weight excluding hydrogens is 208 g/mol. The first-order valence-electron chi connectivity index (χ1n) is 5.96. The Morgan fingerprint density at radius 1 is 1.06 bits per heavy atom. The van der Waals surface area contributed by atoms with Crippen LogP contribution in [0.2, 0.25) is 0 Å². The average molecular weight is 228 g/mol.